The average Bonchev–Trinajstić information content (AvgIpc) is 3.11. The summed E-state index contributed by atoms with van der Waals surface area (Å²) in [5, 5.41) is 0.646. The Labute approximate surface area is 162 Å². The lowest BCUT2D eigenvalue weighted by molar-refractivity contribution is 0.101. The Hall–Kier alpha value is -3.17. The van der Waals surface area contributed by atoms with Crippen LogP contribution in [0.4, 0.5) is 0 Å². The maximum absolute atomic E-state index is 12.7. The Kier molecular flexibility index (Phi) is 4.61. The lowest BCUT2D eigenvalue weighted by Gasteiger charge is -2.11. The van der Waals surface area contributed by atoms with E-state index in [0.717, 1.165) is 22.6 Å². The van der Waals surface area contributed by atoms with E-state index in [9.17, 15) is 4.79 Å². The van der Waals surface area contributed by atoms with Crippen molar-refractivity contribution in [2.24, 2.45) is 0 Å². The molecule has 0 radical (unpaired) electrons. The number of hydrogen-bond donors (Lipinski definition) is 0. The third-order valence-corrected chi connectivity index (χ3v) is 4.63. The van der Waals surface area contributed by atoms with E-state index in [0.29, 0.717) is 16.4 Å². The number of ketones is 1. The standard InChI is InChI=1S/C23H17ClN2O/c1-16(27)22-21(17-8-4-2-5-9-17)25-23(18-10-6-3-7-11-18)26(22)20-14-12-19(24)13-15-20/h2-15H,1H3. The van der Waals surface area contributed by atoms with Crippen LogP contribution in [0.2, 0.25) is 5.02 Å². The molecule has 3 aromatic carbocycles. The minimum atomic E-state index is -0.0431. The number of hydrogen-bond acceptors (Lipinski definition) is 2. The van der Waals surface area contributed by atoms with E-state index in [4.69, 9.17) is 16.6 Å². The van der Waals surface area contributed by atoms with Crippen molar-refractivity contribution in [2.75, 3.05) is 0 Å². The molecule has 0 bridgehead atoms. The van der Waals surface area contributed by atoms with Crippen LogP contribution < -0.4 is 0 Å². The lowest BCUT2D eigenvalue weighted by atomic mass is 10.1. The first kappa shape index (κ1) is 17.3. The minimum Gasteiger partial charge on any atom is -0.293 e. The average molecular weight is 373 g/mol. The largest absolute Gasteiger partial charge is 0.293 e. The fourth-order valence-electron chi connectivity index (χ4n) is 3.16. The summed E-state index contributed by atoms with van der Waals surface area (Å²) in [7, 11) is 0. The second-order valence-corrected chi connectivity index (χ2v) is 6.67. The monoisotopic (exact) mass is 372 g/mol. The van der Waals surface area contributed by atoms with Gasteiger partial charge in [0.1, 0.15) is 17.2 Å². The molecule has 0 aliphatic heterocycles. The molecular weight excluding hydrogens is 356 g/mol. The third-order valence-electron chi connectivity index (χ3n) is 4.37. The van der Waals surface area contributed by atoms with Crippen LogP contribution in [0.3, 0.4) is 0 Å². The summed E-state index contributed by atoms with van der Waals surface area (Å²) in [5.74, 6) is 0.681. The van der Waals surface area contributed by atoms with Gasteiger partial charge in [0.25, 0.3) is 0 Å². The van der Waals surface area contributed by atoms with Gasteiger partial charge in [-0.15, -0.1) is 0 Å². The van der Waals surface area contributed by atoms with Crippen molar-refractivity contribution < 1.29 is 4.79 Å². The lowest BCUT2D eigenvalue weighted by Crippen LogP contribution is -2.07. The predicted molar refractivity (Wildman–Crippen MR) is 109 cm³/mol. The molecule has 4 rings (SSSR count). The quantitative estimate of drug-likeness (QED) is 0.408. The highest BCUT2D eigenvalue weighted by atomic mass is 35.5. The number of Topliss-reactive ketones (excluding diaryl/α,β-unsaturated/α-hetero) is 1. The van der Waals surface area contributed by atoms with Crippen LogP contribution >= 0.6 is 11.6 Å². The van der Waals surface area contributed by atoms with Crippen molar-refractivity contribution in [3.05, 3.63) is 95.6 Å². The maximum atomic E-state index is 12.7. The zero-order valence-electron chi connectivity index (χ0n) is 14.8. The summed E-state index contributed by atoms with van der Waals surface area (Å²) in [4.78, 5) is 17.5. The van der Waals surface area contributed by atoms with E-state index in [2.05, 4.69) is 0 Å². The Morgan fingerprint density at radius 1 is 0.815 bits per heavy atom. The van der Waals surface area contributed by atoms with Crippen LogP contribution in [0, 0.1) is 0 Å². The number of rotatable bonds is 4. The van der Waals surface area contributed by atoms with Gasteiger partial charge in [0.05, 0.1) is 0 Å². The zero-order valence-corrected chi connectivity index (χ0v) is 15.5. The topological polar surface area (TPSA) is 34.9 Å². The van der Waals surface area contributed by atoms with E-state index >= 15 is 0 Å². The van der Waals surface area contributed by atoms with Crippen LogP contribution in [-0.2, 0) is 0 Å². The summed E-state index contributed by atoms with van der Waals surface area (Å²) in [6.45, 7) is 1.57. The summed E-state index contributed by atoms with van der Waals surface area (Å²) >= 11 is 6.07. The van der Waals surface area contributed by atoms with Gasteiger partial charge in [-0.25, -0.2) is 4.98 Å². The minimum absolute atomic E-state index is 0.0431. The second-order valence-electron chi connectivity index (χ2n) is 6.23. The smallest absolute Gasteiger partial charge is 0.178 e. The maximum Gasteiger partial charge on any atom is 0.178 e. The Morgan fingerprint density at radius 2 is 1.37 bits per heavy atom. The molecule has 4 heteroatoms. The molecule has 0 N–H and O–H groups in total. The third kappa shape index (κ3) is 3.29. The van der Waals surface area contributed by atoms with E-state index in [1.54, 1.807) is 6.92 Å². The molecule has 4 aromatic rings. The molecule has 0 saturated carbocycles. The van der Waals surface area contributed by atoms with Gasteiger partial charge in [-0.2, -0.15) is 0 Å². The normalized spacial score (nSPS) is 10.7. The highest BCUT2D eigenvalue weighted by molar-refractivity contribution is 6.30. The van der Waals surface area contributed by atoms with Crippen molar-refractivity contribution in [1.82, 2.24) is 9.55 Å². The van der Waals surface area contributed by atoms with Crippen molar-refractivity contribution in [3.8, 4) is 28.3 Å². The number of imidazole rings is 1. The Bertz CT molecular complexity index is 1080. The molecule has 0 unspecified atom stereocenters. The van der Waals surface area contributed by atoms with Crippen molar-refractivity contribution in [3.63, 3.8) is 0 Å². The SMILES string of the molecule is CC(=O)c1c(-c2ccccc2)nc(-c2ccccc2)n1-c1ccc(Cl)cc1. The highest BCUT2D eigenvalue weighted by Crippen LogP contribution is 2.32. The molecule has 0 spiro atoms. The molecular formula is C23H17ClN2O. The number of nitrogens with zero attached hydrogens (tertiary/aromatic N) is 2. The summed E-state index contributed by atoms with van der Waals surface area (Å²) in [6.07, 6.45) is 0. The van der Waals surface area contributed by atoms with Gasteiger partial charge in [0.15, 0.2) is 5.78 Å². The molecule has 0 amide bonds. The van der Waals surface area contributed by atoms with E-state index < -0.39 is 0 Å². The van der Waals surface area contributed by atoms with Crippen molar-refractivity contribution in [2.45, 2.75) is 6.92 Å². The van der Waals surface area contributed by atoms with Gasteiger partial charge in [-0.3, -0.25) is 9.36 Å². The highest BCUT2D eigenvalue weighted by Gasteiger charge is 2.23. The second kappa shape index (κ2) is 7.22. The molecule has 0 fully saturated rings. The summed E-state index contributed by atoms with van der Waals surface area (Å²) < 4.78 is 1.91. The molecule has 1 heterocycles. The fourth-order valence-corrected chi connectivity index (χ4v) is 3.29. The first-order chi connectivity index (χ1) is 13.1. The molecule has 132 valence electrons. The van der Waals surface area contributed by atoms with Crippen LogP contribution in [0.25, 0.3) is 28.3 Å². The van der Waals surface area contributed by atoms with E-state index in [1.807, 2.05) is 89.5 Å². The van der Waals surface area contributed by atoms with Gasteiger partial charge in [-0.1, -0.05) is 72.3 Å². The molecule has 0 atom stereocenters. The molecule has 27 heavy (non-hydrogen) atoms. The van der Waals surface area contributed by atoms with Crippen molar-refractivity contribution in [1.29, 1.82) is 0 Å². The molecule has 3 nitrogen and oxygen atoms in total. The predicted octanol–water partition coefficient (Wildman–Crippen LogP) is 6.06. The molecule has 0 saturated heterocycles. The van der Waals surface area contributed by atoms with E-state index in [-0.39, 0.29) is 5.78 Å². The van der Waals surface area contributed by atoms with Gasteiger partial charge in [0.2, 0.25) is 0 Å². The summed E-state index contributed by atoms with van der Waals surface area (Å²) in [6, 6.07) is 27.1. The van der Waals surface area contributed by atoms with Gasteiger partial charge in [0, 0.05) is 28.8 Å². The van der Waals surface area contributed by atoms with Crippen LogP contribution in [0.15, 0.2) is 84.9 Å². The number of carbonyl (C=O) groups excluding carboxylic acids is 1. The number of carbonyl (C=O) groups is 1. The first-order valence-electron chi connectivity index (χ1n) is 8.65. The molecule has 1 aromatic heterocycles. The van der Waals surface area contributed by atoms with Crippen LogP contribution in [0.1, 0.15) is 17.4 Å². The summed E-state index contributed by atoms with van der Waals surface area (Å²) in [5.41, 5.74) is 3.93. The number of halogens is 1. The Morgan fingerprint density at radius 3 is 1.93 bits per heavy atom. The fraction of sp³-hybridized carbons (Fsp3) is 0.0435. The van der Waals surface area contributed by atoms with E-state index in [1.165, 1.54) is 0 Å². The zero-order chi connectivity index (χ0) is 18.8. The van der Waals surface area contributed by atoms with Crippen LogP contribution in [-0.4, -0.2) is 15.3 Å². The first-order valence-corrected chi connectivity index (χ1v) is 9.03. The molecule has 0 aliphatic carbocycles. The Balaban J connectivity index is 2.06. The van der Waals surface area contributed by atoms with Gasteiger partial charge < -0.3 is 0 Å². The number of aromatic nitrogens is 2. The van der Waals surface area contributed by atoms with Crippen LogP contribution in [0.5, 0.6) is 0 Å². The molecule has 0 aliphatic rings. The number of benzene rings is 3. The van der Waals surface area contributed by atoms with Gasteiger partial charge >= 0.3 is 0 Å². The van der Waals surface area contributed by atoms with Gasteiger partial charge in [-0.05, 0) is 24.3 Å². The van der Waals surface area contributed by atoms with Crippen molar-refractivity contribution >= 4 is 17.4 Å².